The van der Waals surface area contributed by atoms with Crippen LogP contribution in [0.25, 0.3) is 0 Å². The summed E-state index contributed by atoms with van der Waals surface area (Å²) in [5, 5.41) is 3.79. The predicted octanol–water partition coefficient (Wildman–Crippen LogP) is 2.07. The lowest BCUT2D eigenvalue weighted by Gasteiger charge is -2.33. The lowest BCUT2D eigenvalue weighted by Crippen LogP contribution is -2.43. The van der Waals surface area contributed by atoms with Crippen molar-refractivity contribution in [1.29, 1.82) is 0 Å². The normalized spacial score (nSPS) is 24.3. The maximum absolute atomic E-state index is 12.2. The van der Waals surface area contributed by atoms with Crippen LogP contribution in [0.3, 0.4) is 0 Å². The number of ether oxygens (including phenoxy) is 1. The minimum atomic E-state index is -0.0718. The van der Waals surface area contributed by atoms with Crippen LogP contribution in [-0.2, 0) is 11.3 Å². The molecule has 1 saturated heterocycles. The summed E-state index contributed by atoms with van der Waals surface area (Å²) in [6.07, 6.45) is 1.00. The molecule has 0 aromatic carbocycles. The number of rotatable bonds is 3. The van der Waals surface area contributed by atoms with Gasteiger partial charge in [0, 0.05) is 31.1 Å². The third kappa shape index (κ3) is 2.92. The predicted molar refractivity (Wildman–Crippen MR) is 69.6 cm³/mol. The molecule has 0 aliphatic carbocycles. The van der Waals surface area contributed by atoms with Crippen LogP contribution in [0.1, 0.15) is 29.6 Å². The molecule has 0 N–H and O–H groups in total. The van der Waals surface area contributed by atoms with Crippen LogP contribution in [0, 0.1) is 5.92 Å². The molecule has 0 radical (unpaired) electrons. The first-order valence-electron chi connectivity index (χ1n) is 5.99. The Morgan fingerprint density at radius 3 is 3.17 bits per heavy atom. The minimum Gasteiger partial charge on any atom is -0.377 e. The summed E-state index contributed by atoms with van der Waals surface area (Å²) in [7, 11) is 1.57. The van der Waals surface area contributed by atoms with Crippen molar-refractivity contribution in [2.24, 2.45) is 5.92 Å². The highest BCUT2D eigenvalue weighted by Gasteiger charge is 2.29. The van der Waals surface area contributed by atoms with Crippen molar-refractivity contribution in [1.82, 2.24) is 10.1 Å². The molecule has 100 valence electrons. The fourth-order valence-corrected chi connectivity index (χ4v) is 2.61. The quantitative estimate of drug-likeness (QED) is 0.801. The average molecular weight is 317 g/mol. The van der Waals surface area contributed by atoms with Gasteiger partial charge in [0.15, 0.2) is 11.5 Å². The summed E-state index contributed by atoms with van der Waals surface area (Å²) in [5.41, 5.74) is 0.358. The third-order valence-electron chi connectivity index (χ3n) is 3.22. The molecule has 2 heterocycles. The molecule has 1 fully saturated rings. The number of alkyl halides is 1. The van der Waals surface area contributed by atoms with Crippen LogP contribution in [-0.4, -0.2) is 41.0 Å². The Morgan fingerprint density at radius 1 is 1.72 bits per heavy atom. The Bertz CT molecular complexity index is 421. The lowest BCUT2D eigenvalue weighted by molar-refractivity contribution is 0.0695. The zero-order chi connectivity index (χ0) is 13.1. The van der Waals surface area contributed by atoms with Gasteiger partial charge >= 0.3 is 0 Å². The molecule has 6 heteroatoms. The summed E-state index contributed by atoms with van der Waals surface area (Å²) < 4.78 is 9.96. The van der Waals surface area contributed by atoms with Gasteiger partial charge in [-0.1, -0.05) is 28.0 Å². The molecule has 1 aromatic rings. The number of hydrogen-bond donors (Lipinski definition) is 0. The largest absolute Gasteiger partial charge is 0.377 e. The zero-order valence-electron chi connectivity index (χ0n) is 10.6. The molecule has 1 aliphatic rings. The molecule has 0 bridgehead atoms. The van der Waals surface area contributed by atoms with Gasteiger partial charge in [-0.3, -0.25) is 4.79 Å². The van der Waals surface area contributed by atoms with E-state index >= 15 is 0 Å². The van der Waals surface area contributed by atoms with Crippen molar-refractivity contribution in [2.75, 3.05) is 20.2 Å². The summed E-state index contributed by atoms with van der Waals surface area (Å²) in [5.74, 6) is 1.09. The third-order valence-corrected chi connectivity index (χ3v) is 4.41. The number of carbonyl (C=O) groups excluding carboxylic acids is 1. The molecule has 0 spiro atoms. The van der Waals surface area contributed by atoms with Gasteiger partial charge in [-0.2, -0.15) is 0 Å². The van der Waals surface area contributed by atoms with Gasteiger partial charge in [0.25, 0.3) is 5.91 Å². The summed E-state index contributed by atoms with van der Waals surface area (Å²) in [6.45, 7) is 4.01. The zero-order valence-corrected chi connectivity index (χ0v) is 12.1. The monoisotopic (exact) mass is 316 g/mol. The van der Waals surface area contributed by atoms with E-state index in [1.807, 2.05) is 4.90 Å². The van der Waals surface area contributed by atoms with E-state index in [-0.39, 0.29) is 5.91 Å². The van der Waals surface area contributed by atoms with Crippen LogP contribution >= 0.6 is 15.9 Å². The van der Waals surface area contributed by atoms with Gasteiger partial charge in [0.05, 0.1) is 0 Å². The highest BCUT2D eigenvalue weighted by atomic mass is 79.9. The Hall–Kier alpha value is -0.880. The SMILES string of the molecule is COCc1cc(C(=O)N2CCC(C)C(Br)C2)no1. The number of hydrogen-bond acceptors (Lipinski definition) is 4. The van der Waals surface area contributed by atoms with Crippen molar-refractivity contribution in [2.45, 2.75) is 24.8 Å². The summed E-state index contributed by atoms with van der Waals surface area (Å²) in [6, 6.07) is 1.65. The van der Waals surface area contributed by atoms with Crippen molar-refractivity contribution >= 4 is 21.8 Å². The van der Waals surface area contributed by atoms with Crippen LogP contribution in [0.15, 0.2) is 10.6 Å². The van der Waals surface area contributed by atoms with E-state index in [9.17, 15) is 4.79 Å². The molecule has 2 unspecified atom stereocenters. The molecule has 5 nitrogen and oxygen atoms in total. The van der Waals surface area contributed by atoms with E-state index in [1.54, 1.807) is 13.2 Å². The van der Waals surface area contributed by atoms with E-state index < -0.39 is 0 Å². The van der Waals surface area contributed by atoms with Crippen molar-refractivity contribution in [3.8, 4) is 0 Å². The van der Waals surface area contributed by atoms with Gasteiger partial charge in [-0.15, -0.1) is 0 Å². The molecular formula is C12H17BrN2O3. The van der Waals surface area contributed by atoms with E-state index in [0.717, 1.165) is 13.0 Å². The van der Waals surface area contributed by atoms with E-state index in [0.29, 0.717) is 35.4 Å². The molecule has 1 amide bonds. The summed E-state index contributed by atoms with van der Waals surface area (Å²) in [4.78, 5) is 14.4. The van der Waals surface area contributed by atoms with E-state index in [4.69, 9.17) is 9.26 Å². The van der Waals surface area contributed by atoms with Gasteiger partial charge in [-0.05, 0) is 12.3 Å². The van der Waals surface area contributed by atoms with Gasteiger partial charge < -0.3 is 14.2 Å². The van der Waals surface area contributed by atoms with Crippen LogP contribution in [0.2, 0.25) is 0 Å². The van der Waals surface area contributed by atoms with Gasteiger partial charge in [-0.25, -0.2) is 0 Å². The molecule has 18 heavy (non-hydrogen) atoms. The average Bonchev–Trinajstić information content (AvgIpc) is 2.81. The van der Waals surface area contributed by atoms with Crippen LogP contribution in [0.5, 0.6) is 0 Å². The number of halogens is 1. The van der Waals surface area contributed by atoms with Crippen LogP contribution < -0.4 is 0 Å². The van der Waals surface area contributed by atoms with Crippen molar-refractivity contribution < 1.29 is 14.1 Å². The highest BCUT2D eigenvalue weighted by Crippen LogP contribution is 2.24. The van der Waals surface area contributed by atoms with Crippen LogP contribution in [0.4, 0.5) is 0 Å². The minimum absolute atomic E-state index is 0.0718. The Morgan fingerprint density at radius 2 is 2.50 bits per heavy atom. The molecule has 1 aromatic heterocycles. The van der Waals surface area contributed by atoms with Crippen molar-refractivity contribution in [3.63, 3.8) is 0 Å². The molecule has 1 aliphatic heterocycles. The maximum Gasteiger partial charge on any atom is 0.276 e. The number of carbonyl (C=O) groups is 1. The maximum atomic E-state index is 12.2. The Balaban J connectivity index is 2.02. The van der Waals surface area contributed by atoms with Crippen molar-refractivity contribution in [3.05, 3.63) is 17.5 Å². The fourth-order valence-electron chi connectivity index (χ4n) is 1.99. The topological polar surface area (TPSA) is 55.6 Å². The van der Waals surface area contributed by atoms with Gasteiger partial charge in [0.1, 0.15) is 6.61 Å². The Labute approximate surface area is 115 Å². The first kappa shape index (κ1) is 13.5. The highest BCUT2D eigenvalue weighted by molar-refractivity contribution is 9.09. The molecule has 2 rings (SSSR count). The fraction of sp³-hybridized carbons (Fsp3) is 0.667. The second kappa shape index (κ2) is 5.84. The number of piperidine rings is 1. The summed E-state index contributed by atoms with van der Waals surface area (Å²) >= 11 is 3.61. The first-order valence-corrected chi connectivity index (χ1v) is 6.91. The first-order chi connectivity index (χ1) is 8.61. The number of methoxy groups -OCH3 is 1. The standard InChI is InChI=1S/C12H17BrN2O3/c1-8-3-4-15(6-10(8)13)12(16)11-5-9(7-17-2)18-14-11/h5,8,10H,3-4,6-7H2,1-2H3. The number of amides is 1. The second-order valence-corrected chi connectivity index (χ2v) is 5.82. The molecule has 0 saturated carbocycles. The van der Waals surface area contributed by atoms with Gasteiger partial charge in [0.2, 0.25) is 0 Å². The number of aromatic nitrogens is 1. The number of likely N-dealkylation sites (tertiary alicyclic amines) is 1. The smallest absolute Gasteiger partial charge is 0.276 e. The lowest BCUT2D eigenvalue weighted by atomic mass is 9.99. The molecular weight excluding hydrogens is 300 g/mol. The Kier molecular flexibility index (Phi) is 4.40. The van der Waals surface area contributed by atoms with E-state index in [2.05, 4.69) is 28.0 Å². The molecule has 2 atom stereocenters. The second-order valence-electron chi connectivity index (χ2n) is 4.64. The van der Waals surface area contributed by atoms with E-state index in [1.165, 1.54) is 0 Å². The number of nitrogens with zero attached hydrogens (tertiary/aromatic N) is 2.